The molecule has 7 heteroatoms. The van der Waals surface area contributed by atoms with Gasteiger partial charge in [0.25, 0.3) is 5.95 Å². The molecule has 0 unspecified atom stereocenters. The van der Waals surface area contributed by atoms with Gasteiger partial charge in [0.05, 0.1) is 11.7 Å². The molecule has 4 rings (SSSR count). The Morgan fingerprint density at radius 2 is 1.92 bits per heavy atom. The van der Waals surface area contributed by atoms with Crippen LogP contribution in [0.3, 0.4) is 0 Å². The molecule has 0 spiro atoms. The van der Waals surface area contributed by atoms with Gasteiger partial charge in [-0.1, -0.05) is 41.9 Å². The summed E-state index contributed by atoms with van der Waals surface area (Å²) in [5.74, 6) is 0.348. The van der Waals surface area contributed by atoms with Crippen LogP contribution in [0.4, 0.5) is 5.95 Å². The first kappa shape index (κ1) is 16.5. The molecule has 130 valence electrons. The number of aromatic nitrogens is 4. The standard InChI is InChI=1S/C19H17ClN6/c1-12(2)26-16-9-8-14(20)10-15(16)17-18(26)22-19(25-23-17)24-21-11-13-6-4-3-5-7-13/h3-12H,1-2H3,(H,22,24,25)/b21-11+. The number of benzene rings is 2. The minimum Gasteiger partial charge on any atom is -0.321 e. The second-order valence-corrected chi connectivity index (χ2v) is 6.65. The smallest absolute Gasteiger partial charge is 0.265 e. The molecule has 0 saturated heterocycles. The van der Waals surface area contributed by atoms with E-state index in [2.05, 4.69) is 44.1 Å². The Bertz CT molecular complexity index is 1100. The van der Waals surface area contributed by atoms with Crippen molar-refractivity contribution in [2.24, 2.45) is 5.10 Å². The Labute approximate surface area is 155 Å². The van der Waals surface area contributed by atoms with Gasteiger partial charge >= 0.3 is 0 Å². The lowest BCUT2D eigenvalue weighted by Gasteiger charge is -2.10. The van der Waals surface area contributed by atoms with Crippen LogP contribution in [0.2, 0.25) is 5.02 Å². The van der Waals surface area contributed by atoms with Crippen LogP contribution < -0.4 is 5.43 Å². The van der Waals surface area contributed by atoms with Crippen LogP contribution in [-0.2, 0) is 0 Å². The number of nitrogens with zero attached hydrogens (tertiary/aromatic N) is 5. The van der Waals surface area contributed by atoms with Crippen LogP contribution in [0.5, 0.6) is 0 Å². The van der Waals surface area contributed by atoms with Gasteiger partial charge in [-0.15, -0.1) is 10.2 Å². The minimum absolute atomic E-state index is 0.216. The van der Waals surface area contributed by atoms with E-state index in [0.717, 1.165) is 27.6 Å². The molecule has 0 bridgehead atoms. The summed E-state index contributed by atoms with van der Waals surface area (Å²) in [6, 6.07) is 15.8. The maximum absolute atomic E-state index is 6.16. The molecule has 6 nitrogen and oxygen atoms in total. The van der Waals surface area contributed by atoms with Gasteiger partial charge in [-0.25, -0.2) is 5.43 Å². The Balaban J connectivity index is 1.75. The lowest BCUT2D eigenvalue weighted by molar-refractivity contribution is 0.636. The van der Waals surface area contributed by atoms with Gasteiger partial charge in [0.1, 0.15) is 5.52 Å². The second kappa shape index (κ2) is 6.72. The van der Waals surface area contributed by atoms with E-state index in [4.69, 9.17) is 11.6 Å². The summed E-state index contributed by atoms with van der Waals surface area (Å²) in [7, 11) is 0. The zero-order chi connectivity index (χ0) is 18.1. The second-order valence-electron chi connectivity index (χ2n) is 6.21. The van der Waals surface area contributed by atoms with Gasteiger partial charge in [0, 0.05) is 16.5 Å². The van der Waals surface area contributed by atoms with Crippen molar-refractivity contribution in [2.75, 3.05) is 5.43 Å². The summed E-state index contributed by atoms with van der Waals surface area (Å²) in [6.45, 7) is 4.21. The topological polar surface area (TPSA) is 68.0 Å². The molecule has 0 radical (unpaired) electrons. The third-order valence-corrected chi connectivity index (χ3v) is 4.30. The third kappa shape index (κ3) is 2.99. The first-order valence-electron chi connectivity index (χ1n) is 8.31. The van der Waals surface area contributed by atoms with Crippen LogP contribution in [0.1, 0.15) is 25.5 Å². The normalized spacial score (nSPS) is 11.8. The van der Waals surface area contributed by atoms with Crippen molar-refractivity contribution in [1.82, 2.24) is 19.7 Å². The highest BCUT2D eigenvalue weighted by Gasteiger charge is 2.16. The van der Waals surface area contributed by atoms with Gasteiger partial charge in [0.2, 0.25) is 0 Å². The van der Waals surface area contributed by atoms with Gasteiger partial charge in [-0.3, -0.25) is 0 Å². The molecule has 2 aromatic carbocycles. The van der Waals surface area contributed by atoms with Crippen molar-refractivity contribution in [2.45, 2.75) is 19.9 Å². The first-order chi connectivity index (χ1) is 12.6. The molecular formula is C19H17ClN6. The van der Waals surface area contributed by atoms with Crippen LogP contribution in [0.15, 0.2) is 53.6 Å². The van der Waals surface area contributed by atoms with Gasteiger partial charge < -0.3 is 4.57 Å². The zero-order valence-electron chi connectivity index (χ0n) is 14.4. The molecule has 0 aliphatic carbocycles. The van der Waals surface area contributed by atoms with E-state index in [1.165, 1.54) is 0 Å². The number of anilines is 1. The molecular weight excluding hydrogens is 348 g/mol. The van der Waals surface area contributed by atoms with Crippen LogP contribution in [0, 0.1) is 0 Å². The molecule has 0 saturated carbocycles. The molecule has 0 amide bonds. The van der Waals surface area contributed by atoms with Crippen LogP contribution in [0.25, 0.3) is 22.1 Å². The van der Waals surface area contributed by atoms with Crippen molar-refractivity contribution in [1.29, 1.82) is 0 Å². The molecule has 0 aliphatic rings. The Hall–Kier alpha value is -2.99. The van der Waals surface area contributed by atoms with Crippen molar-refractivity contribution >= 4 is 45.8 Å². The van der Waals surface area contributed by atoms with Gasteiger partial charge in [-0.05, 0) is 37.6 Å². The fraction of sp³-hybridized carbons (Fsp3) is 0.158. The molecule has 1 N–H and O–H groups in total. The largest absolute Gasteiger partial charge is 0.321 e. The number of hydrazone groups is 1. The van der Waals surface area contributed by atoms with Crippen molar-refractivity contribution in [3.8, 4) is 0 Å². The number of hydrogen-bond donors (Lipinski definition) is 1. The fourth-order valence-electron chi connectivity index (χ4n) is 2.96. The monoisotopic (exact) mass is 364 g/mol. The van der Waals surface area contributed by atoms with E-state index in [1.54, 1.807) is 6.21 Å². The fourth-order valence-corrected chi connectivity index (χ4v) is 3.13. The Morgan fingerprint density at radius 3 is 2.69 bits per heavy atom. The van der Waals surface area contributed by atoms with Crippen molar-refractivity contribution in [3.63, 3.8) is 0 Å². The van der Waals surface area contributed by atoms with Gasteiger partial charge in [0.15, 0.2) is 5.65 Å². The summed E-state index contributed by atoms with van der Waals surface area (Å²) in [5, 5.41) is 14.3. The lowest BCUT2D eigenvalue weighted by atomic mass is 10.2. The molecule has 2 aromatic heterocycles. The first-order valence-corrected chi connectivity index (χ1v) is 8.69. The maximum Gasteiger partial charge on any atom is 0.265 e. The lowest BCUT2D eigenvalue weighted by Crippen LogP contribution is -2.04. The molecule has 2 heterocycles. The number of halogens is 1. The number of fused-ring (bicyclic) bond motifs is 3. The average molecular weight is 365 g/mol. The Kier molecular flexibility index (Phi) is 4.26. The number of rotatable bonds is 4. The predicted octanol–water partition coefficient (Wildman–Crippen LogP) is 4.66. The molecule has 0 atom stereocenters. The van der Waals surface area contributed by atoms with Crippen LogP contribution >= 0.6 is 11.6 Å². The highest BCUT2D eigenvalue weighted by atomic mass is 35.5. The van der Waals surface area contributed by atoms with E-state index < -0.39 is 0 Å². The van der Waals surface area contributed by atoms with E-state index in [0.29, 0.717) is 11.0 Å². The Morgan fingerprint density at radius 1 is 1.12 bits per heavy atom. The summed E-state index contributed by atoms with van der Waals surface area (Å²) in [4.78, 5) is 4.62. The van der Waals surface area contributed by atoms with Crippen LogP contribution in [-0.4, -0.2) is 26.0 Å². The average Bonchev–Trinajstić information content (AvgIpc) is 2.95. The van der Waals surface area contributed by atoms with Crippen molar-refractivity contribution in [3.05, 3.63) is 59.1 Å². The molecule has 26 heavy (non-hydrogen) atoms. The minimum atomic E-state index is 0.216. The highest BCUT2D eigenvalue weighted by Crippen LogP contribution is 2.31. The van der Waals surface area contributed by atoms with E-state index >= 15 is 0 Å². The molecule has 4 aromatic rings. The van der Waals surface area contributed by atoms with E-state index in [1.807, 2.05) is 48.5 Å². The molecule has 0 aliphatic heterocycles. The summed E-state index contributed by atoms with van der Waals surface area (Å²) >= 11 is 6.16. The van der Waals surface area contributed by atoms with Gasteiger partial charge in [-0.2, -0.15) is 10.1 Å². The molecule has 0 fully saturated rings. The summed E-state index contributed by atoms with van der Waals surface area (Å²) < 4.78 is 2.13. The maximum atomic E-state index is 6.16. The van der Waals surface area contributed by atoms with E-state index in [-0.39, 0.29) is 6.04 Å². The summed E-state index contributed by atoms with van der Waals surface area (Å²) in [6.07, 6.45) is 1.71. The quantitative estimate of drug-likeness (QED) is 0.422. The highest BCUT2D eigenvalue weighted by molar-refractivity contribution is 6.31. The number of hydrogen-bond acceptors (Lipinski definition) is 5. The number of nitrogens with one attached hydrogen (secondary N) is 1. The SMILES string of the molecule is CC(C)n1c2ccc(Cl)cc2c2nnc(N/N=C/c3ccccc3)nc21. The summed E-state index contributed by atoms with van der Waals surface area (Å²) in [5.41, 5.74) is 6.36. The predicted molar refractivity (Wildman–Crippen MR) is 106 cm³/mol. The third-order valence-electron chi connectivity index (χ3n) is 4.06. The van der Waals surface area contributed by atoms with E-state index in [9.17, 15) is 0 Å². The van der Waals surface area contributed by atoms with Crippen molar-refractivity contribution < 1.29 is 0 Å². The zero-order valence-corrected chi connectivity index (χ0v) is 15.1.